The number of nitrogens with zero attached hydrogens (tertiary/aromatic N) is 3. The maximum absolute atomic E-state index is 5.81. The topological polar surface area (TPSA) is 55.0 Å². The molecule has 0 atom stereocenters. The third kappa shape index (κ3) is 3.72. The number of hydrogen-bond acceptors (Lipinski definition) is 5. The summed E-state index contributed by atoms with van der Waals surface area (Å²) in [7, 11) is 0. The summed E-state index contributed by atoms with van der Waals surface area (Å²) in [5.74, 6) is 0.771. The van der Waals surface area contributed by atoms with Crippen LogP contribution in [0.2, 0.25) is 0 Å². The van der Waals surface area contributed by atoms with Crippen LogP contribution in [-0.2, 0) is 6.54 Å². The van der Waals surface area contributed by atoms with Gasteiger partial charge < -0.3 is 5.73 Å². The molecule has 0 radical (unpaired) electrons. The summed E-state index contributed by atoms with van der Waals surface area (Å²) in [6, 6.07) is 0. The van der Waals surface area contributed by atoms with Gasteiger partial charge >= 0.3 is 0 Å². The maximum Gasteiger partial charge on any atom is 0.132 e. The molecule has 5 heteroatoms. The van der Waals surface area contributed by atoms with Gasteiger partial charge in [-0.2, -0.15) is 0 Å². The van der Waals surface area contributed by atoms with Gasteiger partial charge in [0.15, 0.2) is 0 Å². The number of nitrogen functional groups attached to an aromatic ring is 1. The fourth-order valence-corrected chi connectivity index (χ4v) is 2.19. The van der Waals surface area contributed by atoms with Crippen molar-refractivity contribution in [2.24, 2.45) is 5.92 Å². The van der Waals surface area contributed by atoms with E-state index < -0.39 is 0 Å². The minimum atomic E-state index is 0.753. The molecule has 0 unspecified atom stereocenters. The van der Waals surface area contributed by atoms with Crippen LogP contribution < -0.4 is 5.73 Å². The molecule has 0 fully saturated rings. The molecular weight excluding hydrogens is 220 g/mol. The van der Waals surface area contributed by atoms with Crippen molar-refractivity contribution in [3.63, 3.8) is 0 Å². The van der Waals surface area contributed by atoms with Crippen LogP contribution in [0.1, 0.15) is 39.3 Å². The van der Waals surface area contributed by atoms with Gasteiger partial charge in [-0.15, -0.1) is 5.10 Å². The van der Waals surface area contributed by atoms with Crippen LogP contribution in [0, 0.1) is 5.92 Å². The second kappa shape index (κ2) is 6.81. The van der Waals surface area contributed by atoms with Crippen molar-refractivity contribution < 1.29 is 0 Å². The lowest BCUT2D eigenvalue weighted by Crippen LogP contribution is -2.29. The fraction of sp³-hybridized carbons (Fsp3) is 0.818. The Labute approximate surface area is 102 Å². The largest absolute Gasteiger partial charge is 0.388 e. The van der Waals surface area contributed by atoms with E-state index in [0.717, 1.165) is 36.2 Å². The molecule has 1 aromatic heterocycles. The molecule has 92 valence electrons. The van der Waals surface area contributed by atoms with Gasteiger partial charge in [-0.3, -0.25) is 4.90 Å². The van der Waals surface area contributed by atoms with Crippen LogP contribution in [0.4, 0.5) is 5.00 Å². The lowest BCUT2D eigenvalue weighted by atomic mass is 10.0. The molecule has 0 aliphatic rings. The van der Waals surface area contributed by atoms with Gasteiger partial charge in [0.2, 0.25) is 0 Å². The molecular formula is C11H22N4S. The summed E-state index contributed by atoms with van der Waals surface area (Å²) < 4.78 is 3.87. The molecule has 4 nitrogen and oxygen atoms in total. The third-order valence-corrected chi connectivity index (χ3v) is 3.67. The van der Waals surface area contributed by atoms with E-state index >= 15 is 0 Å². The van der Waals surface area contributed by atoms with Crippen molar-refractivity contribution in [1.82, 2.24) is 14.5 Å². The molecule has 0 saturated carbocycles. The summed E-state index contributed by atoms with van der Waals surface area (Å²) in [5.41, 5.74) is 6.73. The number of hydrogen-bond donors (Lipinski definition) is 1. The number of aromatic nitrogens is 2. The average Bonchev–Trinajstić information content (AvgIpc) is 2.70. The minimum absolute atomic E-state index is 0.753. The van der Waals surface area contributed by atoms with Crippen molar-refractivity contribution in [2.45, 2.75) is 40.2 Å². The quantitative estimate of drug-likeness (QED) is 0.797. The van der Waals surface area contributed by atoms with E-state index in [1.165, 1.54) is 24.4 Å². The second-order valence-corrected chi connectivity index (χ2v) is 4.88. The Morgan fingerprint density at radius 3 is 2.44 bits per heavy atom. The minimum Gasteiger partial charge on any atom is -0.388 e. The Bertz CT molecular complexity index is 296. The Kier molecular flexibility index (Phi) is 5.69. The summed E-state index contributed by atoms with van der Waals surface area (Å²) in [6.07, 6.45) is 2.47. The third-order valence-electron chi connectivity index (χ3n) is 3.08. The molecule has 0 saturated heterocycles. The second-order valence-electron chi connectivity index (χ2n) is 4.09. The Morgan fingerprint density at radius 2 is 2.00 bits per heavy atom. The Balaban J connectivity index is 2.52. The first-order valence-electron chi connectivity index (χ1n) is 6.00. The first-order chi connectivity index (χ1) is 7.71. The van der Waals surface area contributed by atoms with Crippen molar-refractivity contribution in [3.05, 3.63) is 5.69 Å². The highest BCUT2D eigenvalue weighted by Crippen LogP contribution is 2.17. The summed E-state index contributed by atoms with van der Waals surface area (Å²) in [6.45, 7) is 9.67. The monoisotopic (exact) mass is 242 g/mol. The van der Waals surface area contributed by atoms with Gasteiger partial charge in [0.1, 0.15) is 10.7 Å². The van der Waals surface area contributed by atoms with E-state index in [1.54, 1.807) is 0 Å². The van der Waals surface area contributed by atoms with E-state index in [1.807, 2.05) is 0 Å². The molecule has 0 spiro atoms. The van der Waals surface area contributed by atoms with E-state index in [4.69, 9.17) is 5.73 Å². The highest BCUT2D eigenvalue weighted by Gasteiger charge is 2.13. The maximum atomic E-state index is 5.81. The van der Waals surface area contributed by atoms with E-state index in [0.29, 0.717) is 0 Å². The zero-order chi connectivity index (χ0) is 12.0. The van der Waals surface area contributed by atoms with Gasteiger partial charge in [-0.1, -0.05) is 38.1 Å². The highest BCUT2D eigenvalue weighted by atomic mass is 32.1. The number of nitrogens with two attached hydrogens (primary N) is 1. The van der Waals surface area contributed by atoms with E-state index in [9.17, 15) is 0 Å². The summed E-state index contributed by atoms with van der Waals surface area (Å²) in [5, 5.41) is 4.82. The van der Waals surface area contributed by atoms with Gasteiger partial charge in [-0.05, 0) is 12.5 Å². The van der Waals surface area contributed by atoms with Gasteiger partial charge in [0.05, 0.1) is 0 Å². The van der Waals surface area contributed by atoms with Gasteiger partial charge in [0.25, 0.3) is 0 Å². The van der Waals surface area contributed by atoms with Gasteiger partial charge in [-0.25, -0.2) is 0 Å². The summed E-state index contributed by atoms with van der Waals surface area (Å²) in [4.78, 5) is 2.39. The van der Waals surface area contributed by atoms with Crippen LogP contribution >= 0.6 is 11.5 Å². The molecule has 0 aromatic carbocycles. The first-order valence-corrected chi connectivity index (χ1v) is 6.77. The van der Waals surface area contributed by atoms with Crippen molar-refractivity contribution in [1.29, 1.82) is 0 Å². The Hall–Kier alpha value is -0.680. The molecule has 1 aromatic rings. The standard InChI is InChI=1S/C11H22N4S/c1-4-9(5-2)7-15(6-3)8-10-11(12)16-14-13-10/h9H,4-8,12H2,1-3H3. The SMILES string of the molecule is CCC(CC)CN(CC)Cc1nnsc1N. The molecule has 0 amide bonds. The van der Waals surface area contributed by atoms with Crippen molar-refractivity contribution in [2.75, 3.05) is 18.8 Å². The molecule has 0 bridgehead atoms. The predicted molar refractivity (Wildman–Crippen MR) is 69.3 cm³/mol. The molecule has 2 N–H and O–H groups in total. The molecule has 1 heterocycles. The fourth-order valence-electron chi connectivity index (χ4n) is 1.75. The zero-order valence-corrected chi connectivity index (χ0v) is 11.3. The first kappa shape index (κ1) is 13.4. The molecule has 0 aliphatic carbocycles. The van der Waals surface area contributed by atoms with Gasteiger partial charge in [0, 0.05) is 24.6 Å². The predicted octanol–water partition coefficient (Wildman–Crippen LogP) is 2.38. The van der Waals surface area contributed by atoms with Crippen LogP contribution in [0.5, 0.6) is 0 Å². The highest BCUT2D eigenvalue weighted by molar-refractivity contribution is 7.09. The van der Waals surface area contributed by atoms with Crippen LogP contribution in [0.15, 0.2) is 0 Å². The lowest BCUT2D eigenvalue weighted by Gasteiger charge is -2.24. The summed E-state index contributed by atoms with van der Waals surface area (Å²) >= 11 is 1.28. The number of rotatable bonds is 7. The molecule has 1 rings (SSSR count). The molecule has 16 heavy (non-hydrogen) atoms. The molecule has 0 aliphatic heterocycles. The van der Waals surface area contributed by atoms with Crippen molar-refractivity contribution in [3.8, 4) is 0 Å². The lowest BCUT2D eigenvalue weighted by molar-refractivity contribution is 0.224. The van der Waals surface area contributed by atoms with Crippen LogP contribution in [0.25, 0.3) is 0 Å². The van der Waals surface area contributed by atoms with E-state index in [2.05, 4.69) is 35.3 Å². The van der Waals surface area contributed by atoms with Crippen molar-refractivity contribution >= 4 is 16.5 Å². The normalized spacial score (nSPS) is 11.6. The van der Waals surface area contributed by atoms with Crippen LogP contribution in [-0.4, -0.2) is 27.6 Å². The van der Waals surface area contributed by atoms with Crippen LogP contribution in [0.3, 0.4) is 0 Å². The zero-order valence-electron chi connectivity index (χ0n) is 10.4. The average molecular weight is 242 g/mol. The van der Waals surface area contributed by atoms with E-state index in [-0.39, 0.29) is 0 Å². The Morgan fingerprint density at radius 1 is 1.31 bits per heavy atom. The number of anilines is 1. The smallest absolute Gasteiger partial charge is 0.132 e.